The summed E-state index contributed by atoms with van der Waals surface area (Å²) in [7, 11) is 1.55. The van der Waals surface area contributed by atoms with Crippen molar-refractivity contribution in [2.24, 2.45) is 0 Å². The van der Waals surface area contributed by atoms with Crippen LogP contribution in [-0.4, -0.2) is 18.0 Å². The van der Waals surface area contributed by atoms with Crippen LogP contribution in [0.3, 0.4) is 0 Å². The van der Waals surface area contributed by atoms with Crippen molar-refractivity contribution in [3.8, 4) is 5.75 Å². The third-order valence-corrected chi connectivity index (χ3v) is 2.47. The van der Waals surface area contributed by atoms with E-state index in [1.54, 1.807) is 19.2 Å². The van der Waals surface area contributed by atoms with Gasteiger partial charge in [0, 0.05) is 18.9 Å². The lowest BCUT2D eigenvalue weighted by atomic mass is 10.2. The highest BCUT2D eigenvalue weighted by Crippen LogP contribution is 2.16. The first kappa shape index (κ1) is 11.3. The predicted molar refractivity (Wildman–Crippen MR) is 65.0 cm³/mol. The largest absolute Gasteiger partial charge is 0.496 e. The Balaban J connectivity index is 2.04. The number of carbonyl (C=O) groups is 1. The molecule has 17 heavy (non-hydrogen) atoms. The summed E-state index contributed by atoms with van der Waals surface area (Å²) in [6, 6.07) is 9.08. The fraction of sp³-hybridized carbons (Fsp3) is 0.154. The Bertz CT molecular complexity index is 492. The number of aromatic nitrogens is 1. The van der Waals surface area contributed by atoms with E-state index in [1.807, 2.05) is 30.6 Å². The SMILES string of the molecule is COc1ccccc1C(=O)NCc1cc[nH]c1. The highest BCUT2D eigenvalue weighted by Gasteiger charge is 2.10. The molecular weight excluding hydrogens is 216 g/mol. The first-order valence-corrected chi connectivity index (χ1v) is 5.34. The molecule has 4 heteroatoms. The lowest BCUT2D eigenvalue weighted by Crippen LogP contribution is -2.23. The van der Waals surface area contributed by atoms with Gasteiger partial charge in [-0.1, -0.05) is 12.1 Å². The topological polar surface area (TPSA) is 54.1 Å². The summed E-state index contributed by atoms with van der Waals surface area (Å²) < 4.78 is 5.14. The molecule has 0 aliphatic heterocycles. The van der Waals surface area contributed by atoms with Crippen LogP contribution in [0, 0.1) is 0 Å². The Morgan fingerprint density at radius 3 is 2.88 bits per heavy atom. The number of nitrogens with one attached hydrogen (secondary N) is 2. The van der Waals surface area contributed by atoms with E-state index in [2.05, 4.69) is 10.3 Å². The van der Waals surface area contributed by atoms with Crippen molar-refractivity contribution in [1.29, 1.82) is 0 Å². The summed E-state index contributed by atoms with van der Waals surface area (Å²) in [4.78, 5) is 14.9. The molecule has 2 rings (SSSR count). The maximum absolute atomic E-state index is 11.9. The number of aromatic amines is 1. The van der Waals surface area contributed by atoms with Crippen LogP contribution >= 0.6 is 0 Å². The number of hydrogen-bond acceptors (Lipinski definition) is 2. The van der Waals surface area contributed by atoms with Crippen molar-refractivity contribution in [3.05, 3.63) is 53.9 Å². The van der Waals surface area contributed by atoms with E-state index in [0.717, 1.165) is 5.56 Å². The zero-order valence-electron chi connectivity index (χ0n) is 9.57. The molecule has 1 heterocycles. The maximum atomic E-state index is 11.9. The summed E-state index contributed by atoms with van der Waals surface area (Å²) in [6.45, 7) is 0.500. The number of rotatable bonds is 4. The molecule has 88 valence electrons. The number of amides is 1. The van der Waals surface area contributed by atoms with Crippen LogP contribution in [0.4, 0.5) is 0 Å². The van der Waals surface area contributed by atoms with Crippen molar-refractivity contribution in [3.63, 3.8) is 0 Å². The monoisotopic (exact) mass is 230 g/mol. The molecule has 0 unspecified atom stereocenters. The second-order valence-electron chi connectivity index (χ2n) is 3.60. The minimum absolute atomic E-state index is 0.136. The molecule has 0 saturated heterocycles. The lowest BCUT2D eigenvalue weighted by Gasteiger charge is -2.08. The molecule has 2 aromatic rings. The van der Waals surface area contributed by atoms with Gasteiger partial charge in [-0.25, -0.2) is 0 Å². The average Bonchev–Trinajstić information content (AvgIpc) is 2.89. The molecule has 2 N–H and O–H groups in total. The first-order chi connectivity index (χ1) is 8.31. The highest BCUT2D eigenvalue weighted by atomic mass is 16.5. The summed E-state index contributed by atoms with van der Waals surface area (Å²) in [5.41, 5.74) is 1.58. The van der Waals surface area contributed by atoms with Gasteiger partial charge < -0.3 is 15.0 Å². The number of methoxy groups -OCH3 is 1. The molecule has 4 nitrogen and oxygen atoms in total. The van der Waals surface area contributed by atoms with E-state index < -0.39 is 0 Å². The van der Waals surface area contributed by atoms with Crippen molar-refractivity contribution >= 4 is 5.91 Å². The molecule has 1 amide bonds. The van der Waals surface area contributed by atoms with Gasteiger partial charge >= 0.3 is 0 Å². The van der Waals surface area contributed by atoms with Gasteiger partial charge in [0.2, 0.25) is 0 Å². The molecule has 1 aromatic carbocycles. The number of hydrogen-bond donors (Lipinski definition) is 2. The molecule has 0 saturated carbocycles. The van der Waals surface area contributed by atoms with E-state index in [1.165, 1.54) is 0 Å². The second-order valence-corrected chi connectivity index (χ2v) is 3.60. The molecular formula is C13H14N2O2. The molecule has 0 radical (unpaired) electrons. The molecule has 0 spiro atoms. The van der Waals surface area contributed by atoms with E-state index in [0.29, 0.717) is 17.9 Å². The molecule has 1 aromatic heterocycles. The normalized spacial score (nSPS) is 9.94. The Labute approximate surface area is 99.6 Å². The highest BCUT2D eigenvalue weighted by molar-refractivity contribution is 5.96. The minimum atomic E-state index is -0.136. The second kappa shape index (κ2) is 5.21. The van der Waals surface area contributed by atoms with E-state index >= 15 is 0 Å². The smallest absolute Gasteiger partial charge is 0.255 e. The quantitative estimate of drug-likeness (QED) is 0.843. The van der Waals surface area contributed by atoms with Gasteiger partial charge in [-0.2, -0.15) is 0 Å². The number of para-hydroxylation sites is 1. The zero-order chi connectivity index (χ0) is 12.1. The van der Waals surface area contributed by atoms with Crippen LogP contribution in [0.15, 0.2) is 42.7 Å². The van der Waals surface area contributed by atoms with Crippen LogP contribution in [0.1, 0.15) is 15.9 Å². The molecule has 0 bridgehead atoms. The number of ether oxygens (including phenoxy) is 1. The Morgan fingerprint density at radius 2 is 2.18 bits per heavy atom. The van der Waals surface area contributed by atoms with E-state index in [-0.39, 0.29) is 5.91 Å². The summed E-state index contributed by atoms with van der Waals surface area (Å²) in [5, 5.41) is 2.84. The number of H-pyrrole nitrogens is 1. The Kier molecular flexibility index (Phi) is 3.45. The van der Waals surface area contributed by atoms with Crippen molar-refractivity contribution < 1.29 is 9.53 Å². The number of benzene rings is 1. The fourth-order valence-electron chi connectivity index (χ4n) is 1.58. The van der Waals surface area contributed by atoms with Crippen LogP contribution < -0.4 is 10.1 Å². The van der Waals surface area contributed by atoms with Gasteiger partial charge in [-0.05, 0) is 23.8 Å². The third kappa shape index (κ3) is 2.66. The van der Waals surface area contributed by atoms with Crippen molar-refractivity contribution in [1.82, 2.24) is 10.3 Å². The van der Waals surface area contributed by atoms with Crippen molar-refractivity contribution in [2.75, 3.05) is 7.11 Å². The average molecular weight is 230 g/mol. The lowest BCUT2D eigenvalue weighted by molar-refractivity contribution is 0.0948. The standard InChI is InChI=1S/C13H14N2O2/c1-17-12-5-3-2-4-11(12)13(16)15-9-10-6-7-14-8-10/h2-8,14H,9H2,1H3,(H,15,16). The molecule has 0 atom stereocenters. The van der Waals surface area contributed by atoms with Gasteiger partial charge in [0.25, 0.3) is 5.91 Å². The van der Waals surface area contributed by atoms with Crippen LogP contribution in [-0.2, 0) is 6.54 Å². The first-order valence-electron chi connectivity index (χ1n) is 5.34. The van der Waals surface area contributed by atoms with Crippen LogP contribution in [0.5, 0.6) is 5.75 Å². The predicted octanol–water partition coefficient (Wildman–Crippen LogP) is 1.95. The zero-order valence-corrected chi connectivity index (χ0v) is 9.57. The van der Waals surface area contributed by atoms with Gasteiger partial charge in [0.15, 0.2) is 0 Å². The third-order valence-electron chi connectivity index (χ3n) is 2.47. The van der Waals surface area contributed by atoms with Gasteiger partial charge in [0.05, 0.1) is 12.7 Å². The van der Waals surface area contributed by atoms with Crippen molar-refractivity contribution in [2.45, 2.75) is 6.54 Å². The summed E-state index contributed by atoms with van der Waals surface area (Å²) in [6.07, 6.45) is 3.67. The maximum Gasteiger partial charge on any atom is 0.255 e. The molecule has 0 fully saturated rings. The summed E-state index contributed by atoms with van der Waals surface area (Å²) in [5.74, 6) is 0.447. The number of carbonyl (C=O) groups excluding carboxylic acids is 1. The minimum Gasteiger partial charge on any atom is -0.496 e. The van der Waals surface area contributed by atoms with Crippen LogP contribution in [0.2, 0.25) is 0 Å². The van der Waals surface area contributed by atoms with Gasteiger partial charge in [0.1, 0.15) is 5.75 Å². The van der Waals surface area contributed by atoms with E-state index in [9.17, 15) is 4.79 Å². The molecule has 0 aliphatic rings. The summed E-state index contributed by atoms with van der Waals surface area (Å²) >= 11 is 0. The van der Waals surface area contributed by atoms with Gasteiger partial charge in [-0.15, -0.1) is 0 Å². The fourth-order valence-corrected chi connectivity index (χ4v) is 1.58. The van der Waals surface area contributed by atoms with Crippen LogP contribution in [0.25, 0.3) is 0 Å². The Hall–Kier alpha value is -2.23. The Morgan fingerprint density at radius 1 is 1.35 bits per heavy atom. The van der Waals surface area contributed by atoms with Gasteiger partial charge in [-0.3, -0.25) is 4.79 Å². The van der Waals surface area contributed by atoms with E-state index in [4.69, 9.17) is 4.74 Å². The molecule has 0 aliphatic carbocycles.